The summed E-state index contributed by atoms with van der Waals surface area (Å²) >= 11 is 4.99. The highest BCUT2D eigenvalue weighted by Gasteiger charge is 2.08. The number of rotatable bonds is 2. The standard InChI is InChI=1S/C6H3ClFNO.C6H4FNO2/c7-5(10)4-2-1-3-9-6(4)8;7-5-4(6(9)10)2-1-3-8-5/h1-3H;1-3H,(H,9,10). The fourth-order valence-electron chi connectivity index (χ4n) is 1.08. The van der Waals surface area contributed by atoms with Crippen LogP contribution in [0.3, 0.4) is 0 Å². The molecule has 8 heteroatoms. The predicted molar refractivity (Wildman–Crippen MR) is 65.5 cm³/mol. The molecule has 0 atom stereocenters. The molecule has 0 amide bonds. The van der Waals surface area contributed by atoms with Gasteiger partial charge in [-0.3, -0.25) is 4.79 Å². The third kappa shape index (κ3) is 4.36. The molecule has 5 nitrogen and oxygen atoms in total. The SMILES string of the molecule is O=C(Cl)c1cccnc1F.O=C(O)c1cccnc1F. The van der Waals surface area contributed by atoms with E-state index in [0.717, 1.165) is 6.07 Å². The lowest BCUT2D eigenvalue weighted by Crippen LogP contribution is -2.01. The fourth-order valence-corrected chi connectivity index (χ4v) is 1.22. The van der Waals surface area contributed by atoms with Gasteiger partial charge < -0.3 is 5.11 Å². The van der Waals surface area contributed by atoms with Gasteiger partial charge in [0, 0.05) is 12.4 Å². The molecule has 2 aromatic heterocycles. The number of halogens is 3. The van der Waals surface area contributed by atoms with E-state index in [4.69, 9.17) is 16.7 Å². The highest BCUT2D eigenvalue weighted by Crippen LogP contribution is 2.05. The summed E-state index contributed by atoms with van der Waals surface area (Å²) in [5, 5.41) is 7.46. The molecule has 2 aromatic rings. The summed E-state index contributed by atoms with van der Waals surface area (Å²) in [7, 11) is 0. The van der Waals surface area contributed by atoms with Crippen LogP contribution in [0.25, 0.3) is 0 Å². The molecule has 0 spiro atoms. The normalized spacial score (nSPS) is 9.35. The Bertz CT molecular complexity index is 582. The first-order valence-corrected chi connectivity index (χ1v) is 5.45. The summed E-state index contributed by atoms with van der Waals surface area (Å²) in [6.45, 7) is 0. The minimum Gasteiger partial charge on any atom is -0.478 e. The highest BCUT2D eigenvalue weighted by atomic mass is 35.5. The van der Waals surface area contributed by atoms with Gasteiger partial charge in [-0.2, -0.15) is 8.78 Å². The number of aromatic carboxylic acids is 1. The first kappa shape index (κ1) is 15.6. The monoisotopic (exact) mass is 300 g/mol. The molecule has 0 saturated carbocycles. The summed E-state index contributed by atoms with van der Waals surface area (Å²) in [6.07, 6.45) is 2.44. The van der Waals surface area contributed by atoms with Crippen LogP contribution in [-0.4, -0.2) is 26.3 Å². The number of carboxylic acid groups (broad SMARTS) is 1. The average Bonchev–Trinajstić information content (AvgIpc) is 2.40. The molecular formula is C12H7ClF2N2O3. The van der Waals surface area contributed by atoms with Crippen molar-refractivity contribution in [1.82, 2.24) is 9.97 Å². The van der Waals surface area contributed by atoms with Crippen molar-refractivity contribution < 1.29 is 23.5 Å². The summed E-state index contributed by atoms with van der Waals surface area (Å²) < 4.78 is 24.8. The highest BCUT2D eigenvalue weighted by molar-refractivity contribution is 6.67. The minimum atomic E-state index is -1.30. The van der Waals surface area contributed by atoms with Crippen molar-refractivity contribution in [3.05, 3.63) is 59.7 Å². The van der Waals surface area contributed by atoms with E-state index >= 15 is 0 Å². The molecule has 0 aliphatic heterocycles. The largest absolute Gasteiger partial charge is 0.478 e. The number of carboxylic acids is 1. The second-order valence-corrected chi connectivity index (χ2v) is 3.61. The molecule has 2 rings (SSSR count). The van der Waals surface area contributed by atoms with Gasteiger partial charge in [0.2, 0.25) is 11.9 Å². The van der Waals surface area contributed by atoms with E-state index in [-0.39, 0.29) is 5.56 Å². The van der Waals surface area contributed by atoms with Crippen LogP contribution in [-0.2, 0) is 0 Å². The zero-order valence-electron chi connectivity index (χ0n) is 9.76. The van der Waals surface area contributed by atoms with Gasteiger partial charge in [-0.1, -0.05) is 0 Å². The molecule has 0 bridgehead atoms. The third-order valence-electron chi connectivity index (χ3n) is 1.96. The van der Waals surface area contributed by atoms with Crippen LogP contribution in [0.15, 0.2) is 36.7 Å². The van der Waals surface area contributed by atoms with Crippen molar-refractivity contribution in [1.29, 1.82) is 0 Å². The first-order chi connectivity index (χ1) is 9.43. The Balaban J connectivity index is 0.000000200. The average molecular weight is 301 g/mol. The van der Waals surface area contributed by atoms with Gasteiger partial charge >= 0.3 is 5.97 Å². The third-order valence-corrected chi connectivity index (χ3v) is 2.16. The van der Waals surface area contributed by atoms with Crippen LogP contribution in [0.5, 0.6) is 0 Å². The molecule has 0 aromatic carbocycles. The number of hydrogen-bond acceptors (Lipinski definition) is 4. The van der Waals surface area contributed by atoms with Crippen molar-refractivity contribution in [3.63, 3.8) is 0 Å². The number of hydrogen-bond donors (Lipinski definition) is 1. The van der Waals surface area contributed by atoms with Crippen LogP contribution in [0.1, 0.15) is 20.7 Å². The second-order valence-electron chi connectivity index (χ2n) is 3.26. The van der Waals surface area contributed by atoms with Crippen molar-refractivity contribution in [2.24, 2.45) is 0 Å². The van der Waals surface area contributed by atoms with E-state index in [9.17, 15) is 18.4 Å². The predicted octanol–water partition coefficient (Wildman–Crippen LogP) is 2.52. The molecule has 1 N–H and O–H groups in total. The molecule has 2 heterocycles. The van der Waals surface area contributed by atoms with E-state index in [0.29, 0.717) is 0 Å². The van der Waals surface area contributed by atoms with Crippen LogP contribution in [0.4, 0.5) is 8.78 Å². The number of carbonyl (C=O) groups excluding carboxylic acids is 1. The zero-order chi connectivity index (χ0) is 15.1. The summed E-state index contributed by atoms with van der Waals surface area (Å²) in [4.78, 5) is 26.9. The Morgan fingerprint density at radius 1 is 1.00 bits per heavy atom. The first-order valence-electron chi connectivity index (χ1n) is 5.07. The summed E-state index contributed by atoms with van der Waals surface area (Å²) in [6, 6.07) is 5.24. The van der Waals surface area contributed by atoms with Crippen molar-refractivity contribution in [3.8, 4) is 0 Å². The Morgan fingerprint density at radius 3 is 1.70 bits per heavy atom. The van der Waals surface area contributed by atoms with Crippen LogP contribution < -0.4 is 0 Å². The maximum atomic E-state index is 12.4. The maximum Gasteiger partial charge on any atom is 0.340 e. The number of nitrogens with zero attached hydrogens (tertiary/aromatic N) is 2. The number of carbonyl (C=O) groups is 2. The van der Waals surface area contributed by atoms with E-state index < -0.39 is 28.7 Å². The molecule has 0 fully saturated rings. The second kappa shape index (κ2) is 7.25. The van der Waals surface area contributed by atoms with Gasteiger partial charge in [0.05, 0.1) is 5.56 Å². The van der Waals surface area contributed by atoms with Crippen molar-refractivity contribution in [2.75, 3.05) is 0 Å². The number of pyridine rings is 2. The quantitative estimate of drug-likeness (QED) is 0.681. The Morgan fingerprint density at radius 2 is 1.45 bits per heavy atom. The van der Waals surface area contributed by atoms with Gasteiger partial charge in [-0.05, 0) is 35.9 Å². The molecular weight excluding hydrogens is 294 g/mol. The molecule has 20 heavy (non-hydrogen) atoms. The van der Waals surface area contributed by atoms with E-state index in [1.54, 1.807) is 0 Å². The lowest BCUT2D eigenvalue weighted by Gasteiger charge is -1.91. The van der Waals surface area contributed by atoms with E-state index in [2.05, 4.69) is 9.97 Å². The Kier molecular flexibility index (Phi) is 5.67. The van der Waals surface area contributed by atoms with Crippen LogP contribution in [0, 0.1) is 11.9 Å². The van der Waals surface area contributed by atoms with Gasteiger partial charge in [0.25, 0.3) is 5.24 Å². The maximum absolute atomic E-state index is 12.4. The minimum absolute atomic E-state index is 0.191. The number of aromatic nitrogens is 2. The van der Waals surface area contributed by atoms with Gasteiger partial charge in [0.1, 0.15) is 5.56 Å². The van der Waals surface area contributed by atoms with Crippen LogP contribution >= 0.6 is 11.6 Å². The van der Waals surface area contributed by atoms with Crippen molar-refractivity contribution in [2.45, 2.75) is 0 Å². The van der Waals surface area contributed by atoms with E-state index in [1.165, 1.54) is 30.6 Å². The smallest absolute Gasteiger partial charge is 0.340 e. The molecule has 0 radical (unpaired) electrons. The van der Waals surface area contributed by atoms with E-state index in [1.807, 2.05) is 0 Å². The lowest BCUT2D eigenvalue weighted by atomic mass is 10.3. The fraction of sp³-hybridized carbons (Fsp3) is 0. The summed E-state index contributed by atoms with van der Waals surface area (Å²) in [5.74, 6) is -3.08. The van der Waals surface area contributed by atoms with Gasteiger partial charge in [-0.15, -0.1) is 0 Å². The van der Waals surface area contributed by atoms with Gasteiger partial charge in [0.15, 0.2) is 0 Å². The molecule has 0 aliphatic rings. The molecule has 0 unspecified atom stereocenters. The Labute approximate surface area is 116 Å². The molecule has 104 valence electrons. The van der Waals surface area contributed by atoms with Gasteiger partial charge in [-0.25, -0.2) is 14.8 Å². The molecule has 0 aliphatic carbocycles. The van der Waals surface area contributed by atoms with Crippen molar-refractivity contribution >= 4 is 22.8 Å². The zero-order valence-corrected chi connectivity index (χ0v) is 10.5. The van der Waals surface area contributed by atoms with Crippen LogP contribution in [0.2, 0.25) is 0 Å². The lowest BCUT2D eigenvalue weighted by molar-refractivity contribution is 0.0690. The summed E-state index contributed by atoms with van der Waals surface area (Å²) in [5.41, 5.74) is -0.591. The Hall–Kier alpha value is -2.41. The topological polar surface area (TPSA) is 80.2 Å². The molecule has 0 saturated heterocycles.